The maximum atomic E-state index is 11.5. The van der Waals surface area contributed by atoms with Gasteiger partial charge in [-0.2, -0.15) is 0 Å². The largest absolute Gasteiger partial charge is 0.317 e. The Hall–Kier alpha value is -1.07. The molecule has 0 saturated heterocycles. The second-order valence-electron chi connectivity index (χ2n) is 5.97. The van der Waals surface area contributed by atoms with Crippen LogP contribution in [-0.4, -0.2) is 27.3 Å². The molecule has 0 aliphatic carbocycles. The molecule has 0 saturated carbocycles. The van der Waals surface area contributed by atoms with Gasteiger partial charge in [0.1, 0.15) is 0 Å². The molecule has 1 rings (SSSR count). The van der Waals surface area contributed by atoms with E-state index in [4.69, 9.17) is 0 Å². The fourth-order valence-corrected chi connectivity index (χ4v) is 2.73. The Balaban J connectivity index is 2.68. The molecule has 0 radical (unpaired) electrons. The van der Waals surface area contributed by atoms with Crippen molar-refractivity contribution < 1.29 is 8.42 Å². The van der Waals surface area contributed by atoms with Gasteiger partial charge in [-0.3, -0.25) is 4.72 Å². The maximum Gasteiger partial charge on any atom is 0.232 e. The van der Waals surface area contributed by atoms with E-state index in [9.17, 15) is 8.42 Å². The van der Waals surface area contributed by atoms with Gasteiger partial charge in [0.25, 0.3) is 0 Å². The molecule has 4 nitrogen and oxygen atoms in total. The summed E-state index contributed by atoms with van der Waals surface area (Å²) in [6.07, 6.45) is 2.19. The third-order valence-electron chi connectivity index (χ3n) is 3.67. The summed E-state index contributed by atoms with van der Waals surface area (Å²) >= 11 is 0. The highest BCUT2D eigenvalue weighted by molar-refractivity contribution is 7.92. The van der Waals surface area contributed by atoms with Crippen LogP contribution in [0.1, 0.15) is 46.1 Å². The Bertz CT molecular complexity index is 522. The summed E-state index contributed by atoms with van der Waals surface area (Å²) in [5.74, 6) is 0.0866. The molecule has 0 unspecified atom stereocenters. The summed E-state index contributed by atoms with van der Waals surface area (Å²) in [5.41, 5.74) is 1.92. The Labute approximate surface area is 129 Å². The Kier molecular flexibility index (Phi) is 6.68. The van der Waals surface area contributed by atoms with Gasteiger partial charge in [-0.15, -0.1) is 0 Å². The standard InChI is InChI=1S/C16H28N2O2S/c1-5-12-17-13-11-16(3,4)14-7-9-15(10-8-14)18-21(19,20)6-2/h7-10,17-18H,5-6,11-13H2,1-4H3. The van der Waals surface area contributed by atoms with Crippen molar-refractivity contribution >= 4 is 15.7 Å². The van der Waals surface area contributed by atoms with Gasteiger partial charge in [-0.05, 0) is 56.0 Å². The summed E-state index contributed by atoms with van der Waals surface area (Å²) < 4.78 is 25.6. The molecule has 0 amide bonds. The van der Waals surface area contributed by atoms with Crippen LogP contribution in [0.25, 0.3) is 0 Å². The molecule has 0 atom stereocenters. The normalized spacial score (nSPS) is 12.4. The van der Waals surface area contributed by atoms with E-state index in [1.807, 2.05) is 24.3 Å². The van der Waals surface area contributed by atoms with E-state index in [2.05, 4.69) is 30.8 Å². The van der Waals surface area contributed by atoms with E-state index in [0.29, 0.717) is 5.69 Å². The highest BCUT2D eigenvalue weighted by atomic mass is 32.2. The van der Waals surface area contributed by atoms with Gasteiger partial charge in [0.15, 0.2) is 0 Å². The number of nitrogens with one attached hydrogen (secondary N) is 2. The molecule has 120 valence electrons. The summed E-state index contributed by atoms with van der Waals surface area (Å²) in [5, 5.41) is 3.42. The average Bonchev–Trinajstić information content (AvgIpc) is 2.44. The molecule has 0 fully saturated rings. The first kappa shape index (κ1) is 18.0. The number of hydrogen-bond acceptors (Lipinski definition) is 3. The third kappa shape index (κ3) is 6.06. The molecule has 2 N–H and O–H groups in total. The SMILES string of the molecule is CCCNCCC(C)(C)c1ccc(NS(=O)(=O)CC)cc1. The van der Waals surface area contributed by atoms with Crippen LogP contribution in [-0.2, 0) is 15.4 Å². The van der Waals surface area contributed by atoms with Gasteiger partial charge in [0.2, 0.25) is 10.0 Å². The average molecular weight is 312 g/mol. The number of hydrogen-bond donors (Lipinski definition) is 2. The molecule has 0 aromatic heterocycles. The van der Waals surface area contributed by atoms with Crippen LogP contribution >= 0.6 is 0 Å². The van der Waals surface area contributed by atoms with E-state index < -0.39 is 10.0 Å². The molecular formula is C16H28N2O2S. The monoisotopic (exact) mass is 312 g/mol. The van der Waals surface area contributed by atoms with Gasteiger partial charge in [0.05, 0.1) is 5.75 Å². The first-order valence-corrected chi connectivity index (χ1v) is 9.27. The van der Waals surface area contributed by atoms with Crippen molar-refractivity contribution in [3.63, 3.8) is 0 Å². The van der Waals surface area contributed by atoms with Crippen LogP contribution < -0.4 is 10.0 Å². The van der Waals surface area contributed by atoms with Crippen LogP contribution in [0.4, 0.5) is 5.69 Å². The number of sulfonamides is 1. The minimum atomic E-state index is -3.20. The third-order valence-corrected chi connectivity index (χ3v) is 4.98. The highest BCUT2D eigenvalue weighted by Crippen LogP contribution is 2.27. The lowest BCUT2D eigenvalue weighted by Gasteiger charge is -2.25. The molecule has 5 heteroatoms. The molecule has 0 spiro atoms. The van der Waals surface area contributed by atoms with E-state index in [1.165, 1.54) is 5.56 Å². The lowest BCUT2D eigenvalue weighted by Crippen LogP contribution is -2.26. The highest BCUT2D eigenvalue weighted by Gasteiger charge is 2.20. The molecule has 0 heterocycles. The van der Waals surface area contributed by atoms with Crippen molar-refractivity contribution in [3.8, 4) is 0 Å². The van der Waals surface area contributed by atoms with Gasteiger partial charge in [0, 0.05) is 5.69 Å². The maximum absolute atomic E-state index is 11.5. The van der Waals surface area contributed by atoms with Crippen molar-refractivity contribution in [2.45, 2.75) is 46.0 Å². The van der Waals surface area contributed by atoms with Crippen molar-refractivity contribution in [1.29, 1.82) is 0 Å². The van der Waals surface area contributed by atoms with Crippen LogP contribution in [0.15, 0.2) is 24.3 Å². The summed E-state index contributed by atoms with van der Waals surface area (Å²) in [6.45, 7) is 10.3. The zero-order valence-electron chi connectivity index (χ0n) is 13.6. The summed E-state index contributed by atoms with van der Waals surface area (Å²) in [6, 6.07) is 7.69. The van der Waals surface area contributed by atoms with Crippen LogP contribution in [0.2, 0.25) is 0 Å². The molecule has 0 bridgehead atoms. The minimum Gasteiger partial charge on any atom is -0.317 e. The van der Waals surface area contributed by atoms with Crippen molar-refractivity contribution in [1.82, 2.24) is 5.32 Å². The molecule has 0 aliphatic rings. The fraction of sp³-hybridized carbons (Fsp3) is 0.625. The minimum absolute atomic E-state index is 0.0723. The molecular weight excluding hydrogens is 284 g/mol. The molecule has 1 aromatic carbocycles. The predicted molar refractivity (Wildman–Crippen MR) is 90.3 cm³/mol. The summed E-state index contributed by atoms with van der Waals surface area (Å²) in [7, 11) is -3.20. The van der Waals surface area contributed by atoms with Gasteiger partial charge in [-0.25, -0.2) is 8.42 Å². The number of rotatable bonds is 9. The molecule has 1 aromatic rings. The second kappa shape index (κ2) is 7.80. The van der Waals surface area contributed by atoms with E-state index in [1.54, 1.807) is 6.92 Å². The Morgan fingerprint density at radius 3 is 2.19 bits per heavy atom. The van der Waals surface area contributed by atoms with Crippen molar-refractivity contribution in [3.05, 3.63) is 29.8 Å². The first-order chi connectivity index (χ1) is 9.80. The molecule has 0 aliphatic heterocycles. The lowest BCUT2D eigenvalue weighted by molar-refractivity contribution is 0.457. The van der Waals surface area contributed by atoms with Crippen molar-refractivity contribution in [2.24, 2.45) is 0 Å². The first-order valence-electron chi connectivity index (χ1n) is 7.62. The smallest absolute Gasteiger partial charge is 0.232 e. The van der Waals surface area contributed by atoms with E-state index in [0.717, 1.165) is 25.9 Å². The Morgan fingerprint density at radius 1 is 1.05 bits per heavy atom. The van der Waals surface area contributed by atoms with Crippen LogP contribution in [0.3, 0.4) is 0 Å². The van der Waals surface area contributed by atoms with E-state index in [-0.39, 0.29) is 11.2 Å². The molecule has 21 heavy (non-hydrogen) atoms. The van der Waals surface area contributed by atoms with Crippen molar-refractivity contribution in [2.75, 3.05) is 23.6 Å². The fourth-order valence-electron chi connectivity index (χ4n) is 2.09. The van der Waals surface area contributed by atoms with Gasteiger partial charge in [-0.1, -0.05) is 32.9 Å². The van der Waals surface area contributed by atoms with E-state index >= 15 is 0 Å². The lowest BCUT2D eigenvalue weighted by atomic mass is 9.81. The number of anilines is 1. The number of benzene rings is 1. The zero-order chi connectivity index (χ0) is 15.9. The topological polar surface area (TPSA) is 58.2 Å². The quantitative estimate of drug-likeness (QED) is 0.689. The van der Waals surface area contributed by atoms with Gasteiger partial charge < -0.3 is 5.32 Å². The summed E-state index contributed by atoms with van der Waals surface area (Å²) in [4.78, 5) is 0. The van der Waals surface area contributed by atoms with Crippen LogP contribution in [0, 0.1) is 0 Å². The van der Waals surface area contributed by atoms with Crippen LogP contribution in [0.5, 0.6) is 0 Å². The van der Waals surface area contributed by atoms with Gasteiger partial charge >= 0.3 is 0 Å². The predicted octanol–water partition coefficient (Wildman–Crippen LogP) is 3.12. The second-order valence-corrected chi connectivity index (χ2v) is 7.98. The zero-order valence-corrected chi connectivity index (χ0v) is 14.4. The Morgan fingerprint density at radius 2 is 1.67 bits per heavy atom.